The van der Waals surface area contributed by atoms with Crippen LogP contribution in [0.1, 0.15) is 23.2 Å². The first-order chi connectivity index (χ1) is 10.4. The van der Waals surface area contributed by atoms with Crippen molar-refractivity contribution in [3.63, 3.8) is 0 Å². The van der Waals surface area contributed by atoms with E-state index in [0.717, 1.165) is 12.8 Å². The molecule has 1 amide bonds. The van der Waals surface area contributed by atoms with Crippen LogP contribution in [0, 0.1) is 5.92 Å². The van der Waals surface area contributed by atoms with E-state index in [1.54, 1.807) is 14.1 Å². The number of rotatable bonds is 3. The van der Waals surface area contributed by atoms with Crippen LogP contribution in [0.25, 0.3) is 0 Å². The molecule has 0 aromatic carbocycles. The molecule has 8 heteroatoms. The lowest BCUT2D eigenvalue weighted by molar-refractivity contribution is 0.0589. The van der Waals surface area contributed by atoms with Crippen molar-refractivity contribution in [2.24, 2.45) is 5.92 Å². The van der Waals surface area contributed by atoms with E-state index in [-0.39, 0.29) is 17.9 Å². The lowest BCUT2D eigenvalue weighted by Gasteiger charge is -2.36. The SMILES string of the molecule is CN(C)S(=O)(=O)N1C[C@H]2CC[C@@H](C1)N(C(=O)c1ccsc1)C2. The molecule has 4 rings (SSSR count). The van der Waals surface area contributed by atoms with Crippen LogP contribution in [0.3, 0.4) is 0 Å². The van der Waals surface area contributed by atoms with Crippen LogP contribution < -0.4 is 0 Å². The van der Waals surface area contributed by atoms with Crippen molar-refractivity contribution in [1.29, 1.82) is 0 Å². The summed E-state index contributed by atoms with van der Waals surface area (Å²) in [5, 5.41) is 3.75. The van der Waals surface area contributed by atoms with Crippen LogP contribution in [0.5, 0.6) is 0 Å². The molecule has 122 valence electrons. The average molecular weight is 343 g/mol. The first-order valence-electron chi connectivity index (χ1n) is 7.40. The van der Waals surface area contributed by atoms with Gasteiger partial charge in [0.25, 0.3) is 16.1 Å². The number of amides is 1. The second kappa shape index (κ2) is 5.92. The monoisotopic (exact) mass is 343 g/mol. The molecule has 0 radical (unpaired) electrons. The third-order valence-electron chi connectivity index (χ3n) is 4.50. The number of thiophene rings is 1. The number of hydrogen-bond donors (Lipinski definition) is 0. The standard InChI is InChI=1S/C14H21N3O3S2/c1-15(2)22(19,20)16-7-11-3-4-13(9-16)17(8-11)14(18)12-5-6-21-10-12/h5-6,10-11,13H,3-4,7-9H2,1-2H3/t11-,13+/m1/s1. The van der Waals surface area contributed by atoms with Gasteiger partial charge in [-0.15, -0.1) is 0 Å². The first kappa shape index (κ1) is 15.9. The maximum Gasteiger partial charge on any atom is 0.281 e. The van der Waals surface area contributed by atoms with Crippen molar-refractivity contribution in [3.05, 3.63) is 22.4 Å². The van der Waals surface area contributed by atoms with E-state index >= 15 is 0 Å². The highest BCUT2D eigenvalue weighted by molar-refractivity contribution is 7.86. The number of carbonyl (C=O) groups is 1. The van der Waals surface area contributed by atoms with Crippen molar-refractivity contribution in [3.8, 4) is 0 Å². The third-order valence-corrected chi connectivity index (χ3v) is 7.05. The summed E-state index contributed by atoms with van der Waals surface area (Å²) in [5.74, 6) is 0.246. The molecular formula is C14H21N3O3S2. The fraction of sp³-hybridized carbons (Fsp3) is 0.643. The molecule has 3 saturated heterocycles. The summed E-state index contributed by atoms with van der Waals surface area (Å²) in [7, 11) is -0.317. The van der Waals surface area contributed by atoms with Crippen molar-refractivity contribution in [2.75, 3.05) is 33.7 Å². The second-order valence-electron chi connectivity index (χ2n) is 6.17. The van der Waals surface area contributed by atoms with Gasteiger partial charge in [-0.05, 0) is 30.2 Å². The fourth-order valence-electron chi connectivity index (χ4n) is 3.26. The molecule has 0 N–H and O–H groups in total. The van der Waals surface area contributed by atoms with Gasteiger partial charge in [0.2, 0.25) is 0 Å². The van der Waals surface area contributed by atoms with Gasteiger partial charge in [0.1, 0.15) is 0 Å². The Balaban J connectivity index is 1.84. The summed E-state index contributed by atoms with van der Waals surface area (Å²) in [5.41, 5.74) is 0.708. The molecule has 3 aliphatic heterocycles. The highest BCUT2D eigenvalue weighted by Gasteiger charge is 2.41. The average Bonchev–Trinajstić information content (AvgIpc) is 2.85. The largest absolute Gasteiger partial charge is 0.334 e. The number of piperidine rings is 1. The smallest absolute Gasteiger partial charge is 0.281 e. The Bertz CT molecular complexity index is 642. The second-order valence-corrected chi connectivity index (χ2v) is 9.10. The Morgan fingerprint density at radius 1 is 1.27 bits per heavy atom. The summed E-state index contributed by atoms with van der Waals surface area (Å²) in [6, 6.07) is 1.81. The zero-order valence-electron chi connectivity index (χ0n) is 12.8. The van der Waals surface area contributed by atoms with Crippen molar-refractivity contribution >= 4 is 27.5 Å². The maximum atomic E-state index is 12.6. The zero-order valence-corrected chi connectivity index (χ0v) is 14.4. The van der Waals surface area contributed by atoms with Crippen LogP contribution >= 0.6 is 11.3 Å². The lowest BCUT2D eigenvalue weighted by Crippen LogP contribution is -2.48. The fourth-order valence-corrected chi connectivity index (χ4v) is 5.11. The molecule has 6 nitrogen and oxygen atoms in total. The Kier molecular flexibility index (Phi) is 4.28. The Hall–Kier alpha value is -0.960. The molecule has 2 bridgehead atoms. The molecule has 4 heterocycles. The number of nitrogens with zero attached hydrogens (tertiary/aromatic N) is 3. The third kappa shape index (κ3) is 2.80. The predicted molar refractivity (Wildman–Crippen MR) is 86.0 cm³/mol. The van der Waals surface area contributed by atoms with Crippen LogP contribution in [0.4, 0.5) is 0 Å². The van der Waals surface area contributed by atoms with E-state index in [2.05, 4.69) is 0 Å². The van der Waals surface area contributed by atoms with Gasteiger partial charge in [0.15, 0.2) is 0 Å². The summed E-state index contributed by atoms with van der Waals surface area (Å²) in [4.78, 5) is 14.5. The van der Waals surface area contributed by atoms with Crippen molar-refractivity contribution in [2.45, 2.75) is 18.9 Å². The van der Waals surface area contributed by atoms with Crippen LogP contribution in [-0.4, -0.2) is 67.6 Å². The molecule has 1 aromatic rings. The molecule has 2 atom stereocenters. The number of carbonyl (C=O) groups excluding carboxylic acids is 1. The van der Waals surface area contributed by atoms with E-state index < -0.39 is 10.2 Å². The summed E-state index contributed by atoms with van der Waals surface area (Å²) >= 11 is 1.51. The van der Waals surface area contributed by atoms with Crippen LogP contribution in [0.15, 0.2) is 16.8 Å². The van der Waals surface area contributed by atoms with Gasteiger partial charge in [-0.2, -0.15) is 28.4 Å². The van der Waals surface area contributed by atoms with Gasteiger partial charge in [-0.1, -0.05) is 0 Å². The van der Waals surface area contributed by atoms with Gasteiger partial charge in [-0.25, -0.2) is 0 Å². The lowest BCUT2D eigenvalue weighted by atomic mass is 9.94. The van der Waals surface area contributed by atoms with E-state index in [1.807, 2.05) is 21.7 Å². The van der Waals surface area contributed by atoms with Crippen molar-refractivity contribution < 1.29 is 13.2 Å². The Morgan fingerprint density at radius 3 is 2.68 bits per heavy atom. The van der Waals surface area contributed by atoms with Crippen LogP contribution in [-0.2, 0) is 10.2 Å². The van der Waals surface area contributed by atoms with Gasteiger partial charge in [0.05, 0.1) is 5.56 Å². The molecule has 0 spiro atoms. The minimum atomic E-state index is -3.42. The Labute approximate surface area is 135 Å². The molecule has 1 aromatic heterocycles. The number of fused-ring (bicyclic) bond motifs is 4. The summed E-state index contributed by atoms with van der Waals surface area (Å²) in [6.45, 7) is 1.55. The predicted octanol–water partition coefficient (Wildman–Crippen LogP) is 1.09. The van der Waals surface area contributed by atoms with Gasteiger partial charge in [0, 0.05) is 45.2 Å². The summed E-state index contributed by atoms with van der Waals surface area (Å²) in [6.07, 6.45) is 1.86. The normalized spacial score (nSPS) is 26.4. The molecule has 3 fully saturated rings. The minimum Gasteiger partial charge on any atom is -0.334 e. The highest BCUT2D eigenvalue weighted by Crippen LogP contribution is 2.31. The quantitative estimate of drug-likeness (QED) is 0.825. The van der Waals surface area contributed by atoms with Crippen LogP contribution in [0.2, 0.25) is 0 Å². The van der Waals surface area contributed by atoms with Crippen molar-refractivity contribution in [1.82, 2.24) is 13.5 Å². The van der Waals surface area contributed by atoms with Gasteiger partial charge in [-0.3, -0.25) is 4.79 Å². The maximum absolute atomic E-state index is 12.6. The van der Waals surface area contributed by atoms with E-state index in [1.165, 1.54) is 19.9 Å². The molecule has 0 saturated carbocycles. The van der Waals surface area contributed by atoms with E-state index in [9.17, 15) is 13.2 Å². The first-order valence-corrected chi connectivity index (χ1v) is 9.74. The number of hydrogen-bond acceptors (Lipinski definition) is 4. The molecule has 22 heavy (non-hydrogen) atoms. The van der Waals surface area contributed by atoms with E-state index in [4.69, 9.17) is 0 Å². The topological polar surface area (TPSA) is 60.9 Å². The molecule has 0 aliphatic carbocycles. The molecule has 3 aliphatic rings. The summed E-state index contributed by atoms with van der Waals surface area (Å²) < 4.78 is 27.6. The minimum absolute atomic E-state index is 0.0270. The Morgan fingerprint density at radius 2 is 2.05 bits per heavy atom. The van der Waals surface area contributed by atoms with Gasteiger partial charge < -0.3 is 4.90 Å². The molecular weight excluding hydrogens is 322 g/mol. The highest BCUT2D eigenvalue weighted by atomic mass is 32.2. The molecule has 0 unspecified atom stereocenters. The van der Waals surface area contributed by atoms with Gasteiger partial charge >= 0.3 is 0 Å². The zero-order chi connectivity index (χ0) is 15.9. The van der Waals surface area contributed by atoms with E-state index in [0.29, 0.717) is 25.2 Å².